The number of aryl methyl sites for hydroxylation is 2. The zero-order valence-corrected chi connectivity index (χ0v) is 15.7. The van der Waals surface area contributed by atoms with Crippen molar-refractivity contribution in [2.24, 2.45) is 5.92 Å². The number of hydrogen-bond donors (Lipinski definition) is 1. The molecule has 1 aliphatic rings. The SMILES string of the molecule is Cc1nc([C@H](Cc2ccsc2)NC(=O)[C@@H]2CC(=O)N(C)C2)sc1C. The number of aromatic nitrogens is 1. The minimum absolute atomic E-state index is 0.0328. The van der Waals surface area contributed by atoms with Crippen LogP contribution in [0.2, 0.25) is 0 Å². The zero-order valence-electron chi connectivity index (χ0n) is 14.0. The lowest BCUT2D eigenvalue weighted by Crippen LogP contribution is -2.36. The molecule has 7 heteroatoms. The summed E-state index contributed by atoms with van der Waals surface area (Å²) >= 11 is 3.28. The monoisotopic (exact) mass is 363 g/mol. The first-order chi connectivity index (χ1) is 11.4. The van der Waals surface area contributed by atoms with Gasteiger partial charge in [0.25, 0.3) is 0 Å². The van der Waals surface area contributed by atoms with Crippen molar-refractivity contribution in [3.63, 3.8) is 0 Å². The van der Waals surface area contributed by atoms with Crippen LogP contribution in [0.4, 0.5) is 0 Å². The van der Waals surface area contributed by atoms with Gasteiger partial charge in [-0.25, -0.2) is 4.98 Å². The maximum atomic E-state index is 12.6. The summed E-state index contributed by atoms with van der Waals surface area (Å²) in [6, 6.07) is 1.93. The van der Waals surface area contributed by atoms with E-state index < -0.39 is 0 Å². The molecule has 128 valence electrons. The summed E-state index contributed by atoms with van der Waals surface area (Å²) in [5.41, 5.74) is 2.20. The van der Waals surface area contributed by atoms with Gasteiger partial charge in [-0.2, -0.15) is 11.3 Å². The molecule has 0 spiro atoms. The molecule has 0 aromatic carbocycles. The minimum atomic E-state index is -0.269. The molecular formula is C17H21N3O2S2. The summed E-state index contributed by atoms with van der Waals surface area (Å²) in [5, 5.41) is 8.20. The van der Waals surface area contributed by atoms with Gasteiger partial charge in [-0.1, -0.05) is 0 Å². The number of nitrogens with one attached hydrogen (secondary N) is 1. The van der Waals surface area contributed by atoms with Crippen LogP contribution in [-0.4, -0.2) is 35.3 Å². The smallest absolute Gasteiger partial charge is 0.225 e. The van der Waals surface area contributed by atoms with Gasteiger partial charge in [-0.05, 0) is 36.2 Å². The number of likely N-dealkylation sites (tertiary alicyclic amines) is 1. The van der Waals surface area contributed by atoms with Crippen LogP contribution in [0.15, 0.2) is 16.8 Å². The first-order valence-electron chi connectivity index (χ1n) is 7.93. The summed E-state index contributed by atoms with van der Waals surface area (Å²) < 4.78 is 0. The summed E-state index contributed by atoms with van der Waals surface area (Å²) in [7, 11) is 1.74. The molecule has 5 nitrogen and oxygen atoms in total. The quantitative estimate of drug-likeness (QED) is 0.888. The molecule has 1 saturated heterocycles. The van der Waals surface area contributed by atoms with Gasteiger partial charge in [-0.15, -0.1) is 11.3 Å². The Bertz CT molecular complexity index is 720. The number of hydrogen-bond acceptors (Lipinski definition) is 5. The predicted molar refractivity (Wildman–Crippen MR) is 96.2 cm³/mol. The van der Waals surface area contributed by atoms with Gasteiger partial charge in [-0.3, -0.25) is 9.59 Å². The lowest BCUT2D eigenvalue weighted by atomic mass is 10.1. The van der Waals surface area contributed by atoms with E-state index in [0.717, 1.165) is 17.1 Å². The Kier molecular flexibility index (Phi) is 5.01. The number of amides is 2. The molecule has 24 heavy (non-hydrogen) atoms. The maximum Gasteiger partial charge on any atom is 0.225 e. The first-order valence-corrected chi connectivity index (χ1v) is 9.69. The van der Waals surface area contributed by atoms with Crippen LogP contribution in [0, 0.1) is 19.8 Å². The van der Waals surface area contributed by atoms with Crippen LogP contribution in [0.25, 0.3) is 0 Å². The van der Waals surface area contributed by atoms with Crippen molar-refractivity contribution in [1.29, 1.82) is 0 Å². The van der Waals surface area contributed by atoms with Crippen molar-refractivity contribution in [3.8, 4) is 0 Å². The molecule has 1 fully saturated rings. The maximum absolute atomic E-state index is 12.6. The second-order valence-electron chi connectivity index (χ2n) is 6.27. The molecular weight excluding hydrogens is 342 g/mol. The van der Waals surface area contributed by atoms with Gasteiger partial charge < -0.3 is 10.2 Å². The van der Waals surface area contributed by atoms with E-state index in [9.17, 15) is 9.59 Å². The fourth-order valence-corrected chi connectivity index (χ4v) is 4.48. The molecule has 2 aromatic rings. The van der Waals surface area contributed by atoms with Gasteiger partial charge in [0.2, 0.25) is 11.8 Å². The van der Waals surface area contributed by atoms with E-state index in [1.165, 1.54) is 10.4 Å². The Morgan fingerprint density at radius 2 is 2.29 bits per heavy atom. The lowest BCUT2D eigenvalue weighted by molar-refractivity contribution is -0.128. The fraction of sp³-hybridized carbons (Fsp3) is 0.471. The predicted octanol–water partition coefficient (Wildman–Crippen LogP) is 2.70. The Morgan fingerprint density at radius 3 is 2.83 bits per heavy atom. The normalized spacial score (nSPS) is 18.9. The van der Waals surface area contributed by atoms with E-state index in [-0.39, 0.29) is 23.8 Å². The van der Waals surface area contributed by atoms with Crippen molar-refractivity contribution in [3.05, 3.63) is 38.0 Å². The van der Waals surface area contributed by atoms with Gasteiger partial charge in [0.1, 0.15) is 5.01 Å². The number of thiophene rings is 1. The van der Waals surface area contributed by atoms with E-state index in [0.29, 0.717) is 13.0 Å². The van der Waals surface area contributed by atoms with Crippen molar-refractivity contribution in [1.82, 2.24) is 15.2 Å². The van der Waals surface area contributed by atoms with E-state index in [1.807, 2.05) is 19.2 Å². The summed E-state index contributed by atoms with van der Waals surface area (Å²) in [4.78, 5) is 31.7. The molecule has 2 atom stereocenters. The average molecular weight is 364 g/mol. The van der Waals surface area contributed by atoms with E-state index >= 15 is 0 Å². The number of thiazole rings is 1. The van der Waals surface area contributed by atoms with Crippen LogP contribution in [0.1, 0.15) is 33.6 Å². The topological polar surface area (TPSA) is 62.3 Å². The highest BCUT2D eigenvalue weighted by Crippen LogP contribution is 2.27. The second-order valence-corrected chi connectivity index (χ2v) is 8.28. The number of nitrogens with zero attached hydrogens (tertiary/aromatic N) is 2. The lowest BCUT2D eigenvalue weighted by Gasteiger charge is -2.18. The molecule has 1 N–H and O–H groups in total. The van der Waals surface area contributed by atoms with Crippen molar-refractivity contribution >= 4 is 34.5 Å². The first kappa shape index (κ1) is 17.1. The molecule has 0 bridgehead atoms. The van der Waals surface area contributed by atoms with E-state index in [2.05, 4.69) is 21.7 Å². The minimum Gasteiger partial charge on any atom is -0.346 e. The molecule has 0 aliphatic carbocycles. The molecule has 0 radical (unpaired) electrons. The second kappa shape index (κ2) is 7.03. The number of carbonyl (C=O) groups is 2. The average Bonchev–Trinajstić information content (AvgIpc) is 3.23. The third-order valence-electron chi connectivity index (χ3n) is 4.39. The fourth-order valence-electron chi connectivity index (χ4n) is 2.82. The van der Waals surface area contributed by atoms with Crippen molar-refractivity contribution < 1.29 is 9.59 Å². The Balaban J connectivity index is 1.77. The summed E-state index contributed by atoms with van der Waals surface area (Å²) in [5.74, 6) is -0.293. The highest BCUT2D eigenvalue weighted by Gasteiger charge is 2.33. The molecule has 0 saturated carbocycles. The third-order valence-corrected chi connectivity index (χ3v) is 6.31. The van der Waals surface area contributed by atoms with Crippen LogP contribution < -0.4 is 5.32 Å². The zero-order chi connectivity index (χ0) is 17.3. The molecule has 0 unspecified atom stereocenters. The molecule has 3 heterocycles. The van der Waals surface area contributed by atoms with Crippen LogP contribution >= 0.6 is 22.7 Å². The van der Waals surface area contributed by atoms with Crippen LogP contribution in [0.5, 0.6) is 0 Å². The largest absolute Gasteiger partial charge is 0.346 e. The standard InChI is InChI=1S/C17H21N3O2S2/c1-10-11(2)24-17(18-10)14(6-12-4-5-23-9-12)19-16(22)13-7-15(21)20(3)8-13/h4-5,9,13-14H,6-8H2,1-3H3,(H,19,22)/t13-,14+/m1/s1. The molecule has 1 aliphatic heterocycles. The summed E-state index contributed by atoms with van der Waals surface area (Å²) in [6.07, 6.45) is 1.02. The van der Waals surface area contributed by atoms with Gasteiger partial charge in [0.05, 0.1) is 17.7 Å². The van der Waals surface area contributed by atoms with Gasteiger partial charge in [0.15, 0.2) is 0 Å². The van der Waals surface area contributed by atoms with Crippen molar-refractivity contribution in [2.75, 3.05) is 13.6 Å². The van der Waals surface area contributed by atoms with E-state index in [4.69, 9.17) is 0 Å². The highest BCUT2D eigenvalue weighted by atomic mass is 32.1. The van der Waals surface area contributed by atoms with Crippen LogP contribution in [0.3, 0.4) is 0 Å². The van der Waals surface area contributed by atoms with E-state index in [1.54, 1.807) is 34.6 Å². The Labute approximate surface area is 149 Å². The Hall–Kier alpha value is -1.73. The number of carbonyl (C=O) groups excluding carboxylic acids is 2. The number of rotatable bonds is 5. The van der Waals surface area contributed by atoms with Gasteiger partial charge >= 0.3 is 0 Å². The molecule has 2 aromatic heterocycles. The third kappa shape index (κ3) is 3.67. The van der Waals surface area contributed by atoms with Gasteiger partial charge in [0, 0.05) is 31.3 Å². The molecule has 3 rings (SSSR count). The van der Waals surface area contributed by atoms with Crippen molar-refractivity contribution in [2.45, 2.75) is 32.7 Å². The molecule has 2 amide bonds. The Morgan fingerprint density at radius 1 is 1.50 bits per heavy atom. The van der Waals surface area contributed by atoms with Crippen LogP contribution in [-0.2, 0) is 16.0 Å². The summed E-state index contributed by atoms with van der Waals surface area (Å²) in [6.45, 7) is 4.53. The highest BCUT2D eigenvalue weighted by molar-refractivity contribution is 7.11.